The van der Waals surface area contributed by atoms with E-state index >= 15 is 0 Å². The molecule has 2 atom stereocenters. The third kappa shape index (κ3) is 8.17. The molecule has 38 heavy (non-hydrogen) atoms. The number of carbonyl (C=O) groups is 1. The average Bonchev–Trinajstić information content (AvgIpc) is 2.92. The number of carboxylic acids is 1. The zero-order valence-corrected chi connectivity index (χ0v) is 22.3. The number of aliphatic carboxylic acids is 1. The van der Waals surface area contributed by atoms with Crippen molar-refractivity contribution in [2.45, 2.75) is 51.0 Å². The van der Waals surface area contributed by atoms with Gasteiger partial charge in [0.25, 0.3) is 0 Å². The normalized spacial score (nSPS) is 14.6. The van der Waals surface area contributed by atoms with Crippen molar-refractivity contribution in [1.82, 2.24) is 19.9 Å². The SMILES string of the molecule is O=C(O)C(CCN(CCCCc1ccc2c(n1)NCCC2)CCCS(=O)O)Nc1ncnc2ccccc12. The van der Waals surface area contributed by atoms with Crippen molar-refractivity contribution in [3.8, 4) is 0 Å². The summed E-state index contributed by atoms with van der Waals surface area (Å²) < 4.78 is 20.3. The highest BCUT2D eigenvalue weighted by atomic mass is 32.2. The van der Waals surface area contributed by atoms with Crippen LogP contribution in [-0.4, -0.2) is 77.7 Å². The third-order valence-electron chi connectivity index (χ3n) is 6.79. The van der Waals surface area contributed by atoms with Gasteiger partial charge in [-0.1, -0.05) is 18.2 Å². The zero-order valence-electron chi connectivity index (χ0n) is 21.5. The van der Waals surface area contributed by atoms with Crippen molar-refractivity contribution in [3.63, 3.8) is 0 Å². The monoisotopic (exact) mass is 540 g/mol. The Kier molecular flexibility index (Phi) is 10.4. The van der Waals surface area contributed by atoms with Gasteiger partial charge in [-0.2, -0.15) is 0 Å². The van der Waals surface area contributed by atoms with E-state index in [1.807, 2.05) is 24.3 Å². The van der Waals surface area contributed by atoms with Crippen LogP contribution in [0.15, 0.2) is 42.7 Å². The summed E-state index contributed by atoms with van der Waals surface area (Å²) in [5.41, 5.74) is 3.11. The van der Waals surface area contributed by atoms with Gasteiger partial charge in [0.1, 0.15) is 24.0 Å². The first-order chi connectivity index (χ1) is 18.5. The number of hydrogen-bond acceptors (Lipinski definition) is 8. The number of pyridine rings is 1. The van der Waals surface area contributed by atoms with E-state index in [2.05, 4.69) is 37.6 Å². The Morgan fingerprint density at radius 1 is 1.11 bits per heavy atom. The molecule has 0 saturated heterocycles. The number of unbranched alkanes of at least 4 members (excludes halogenated alkanes) is 1. The molecule has 11 heteroatoms. The van der Waals surface area contributed by atoms with Crippen LogP contribution in [0.3, 0.4) is 0 Å². The van der Waals surface area contributed by atoms with Gasteiger partial charge in [-0.05, 0) is 81.8 Å². The summed E-state index contributed by atoms with van der Waals surface area (Å²) in [7, 11) is 0. The van der Waals surface area contributed by atoms with E-state index in [1.165, 1.54) is 11.9 Å². The zero-order chi connectivity index (χ0) is 26.7. The number of anilines is 2. The van der Waals surface area contributed by atoms with E-state index in [1.54, 1.807) is 0 Å². The molecule has 10 nitrogen and oxygen atoms in total. The Bertz CT molecular complexity index is 1240. The van der Waals surface area contributed by atoms with Crippen LogP contribution in [-0.2, 0) is 28.7 Å². The Balaban J connectivity index is 1.31. The number of nitrogens with one attached hydrogen (secondary N) is 2. The molecule has 0 aliphatic carbocycles. The first-order valence-electron chi connectivity index (χ1n) is 13.2. The molecule has 1 aliphatic rings. The van der Waals surface area contributed by atoms with Gasteiger partial charge in [-0.15, -0.1) is 0 Å². The van der Waals surface area contributed by atoms with Crippen LogP contribution in [0.5, 0.6) is 0 Å². The van der Waals surface area contributed by atoms with Crippen LogP contribution in [0.2, 0.25) is 0 Å². The molecule has 3 aromatic rings. The van der Waals surface area contributed by atoms with Crippen LogP contribution in [0.1, 0.15) is 43.4 Å². The summed E-state index contributed by atoms with van der Waals surface area (Å²) in [6.07, 6.45) is 7.35. The molecule has 0 radical (unpaired) electrons. The second-order valence-electron chi connectivity index (χ2n) is 9.58. The molecule has 1 aliphatic heterocycles. The van der Waals surface area contributed by atoms with Crippen LogP contribution >= 0.6 is 0 Å². The van der Waals surface area contributed by atoms with Crippen LogP contribution in [0, 0.1) is 0 Å². The molecule has 0 fully saturated rings. The van der Waals surface area contributed by atoms with Crippen LogP contribution in [0.25, 0.3) is 10.9 Å². The smallest absolute Gasteiger partial charge is 0.326 e. The fraction of sp³-hybridized carbons (Fsp3) is 0.481. The van der Waals surface area contributed by atoms with Crippen LogP contribution in [0.4, 0.5) is 11.6 Å². The standard InChI is InChI=1S/C27H36N6O4S/c34-27(35)24(32-26-22-9-1-2-10-23(22)29-19-30-26)13-17-33(16-6-18-38(36)37)15-4-3-8-21-12-11-20-7-5-14-28-25(20)31-21/h1-2,9-12,19,24H,3-8,13-18H2,(H,28,31)(H,34,35)(H,36,37)(H,29,30,32). The highest BCUT2D eigenvalue weighted by Gasteiger charge is 2.20. The average molecular weight is 541 g/mol. The van der Waals surface area contributed by atoms with E-state index in [9.17, 15) is 18.7 Å². The van der Waals surface area contributed by atoms with Crippen LogP contribution < -0.4 is 10.6 Å². The predicted molar refractivity (Wildman–Crippen MR) is 150 cm³/mol. The summed E-state index contributed by atoms with van der Waals surface area (Å²) in [6.45, 7) is 2.93. The highest BCUT2D eigenvalue weighted by Crippen LogP contribution is 2.21. The summed E-state index contributed by atoms with van der Waals surface area (Å²) in [5.74, 6) is 0.764. The summed E-state index contributed by atoms with van der Waals surface area (Å²) in [6, 6.07) is 10.9. The topological polar surface area (TPSA) is 141 Å². The molecule has 3 heterocycles. The fourth-order valence-electron chi connectivity index (χ4n) is 4.75. The van der Waals surface area contributed by atoms with Gasteiger partial charge < -0.3 is 25.2 Å². The molecule has 2 aromatic heterocycles. The maximum absolute atomic E-state index is 12.1. The molecule has 0 bridgehead atoms. The van der Waals surface area contributed by atoms with E-state index in [4.69, 9.17) is 4.98 Å². The second kappa shape index (κ2) is 14.1. The van der Waals surface area contributed by atoms with E-state index in [-0.39, 0.29) is 5.75 Å². The highest BCUT2D eigenvalue weighted by molar-refractivity contribution is 7.79. The van der Waals surface area contributed by atoms with Gasteiger partial charge >= 0.3 is 5.97 Å². The number of aryl methyl sites for hydroxylation is 2. The Labute approximate surface area is 225 Å². The Morgan fingerprint density at radius 3 is 2.79 bits per heavy atom. The number of nitrogens with zero attached hydrogens (tertiary/aromatic N) is 4. The molecule has 2 unspecified atom stereocenters. The van der Waals surface area contributed by atoms with Gasteiger partial charge in [-0.3, -0.25) is 0 Å². The van der Waals surface area contributed by atoms with E-state index in [0.717, 1.165) is 67.6 Å². The summed E-state index contributed by atoms with van der Waals surface area (Å²) in [5, 5.41) is 17.1. The fourth-order valence-corrected chi connectivity index (χ4v) is 5.13. The molecule has 0 amide bonds. The van der Waals surface area contributed by atoms with Gasteiger partial charge in [0.05, 0.1) is 11.3 Å². The van der Waals surface area contributed by atoms with Crippen molar-refractivity contribution in [2.24, 2.45) is 0 Å². The largest absolute Gasteiger partial charge is 0.480 e. The lowest BCUT2D eigenvalue weighted by atomic mass is 10.1. The van der Waals surface area contributed by atoms with Crippen molar-refractivity contribution in [1.29, 1.82) is 0 Å². The van der Waals surface area contributed by atoms with Crippen molar-refractivity contribution in [3.05, 3.63) is 54.0 Å². The lowest BCUT2D eigenvalue weighted by Crippen LogP contribution is -2.36. The quantitative estimate of drug-likeness (QED) is 0.167. The summed E-state index contributed by atoms with van der Waals surface area (Å²) >= 11 is -1.84. The summed E-state index contributed by atoms with van der Waals surface area (Å²) in [4.78, 5) is 27.5. The van der Waals surface area contributed by atoms with Crippen molar-refractivity contribution >= 4 is 39.6 Å². The predicted octanol–water partition coefficient (Wildman–Crippen LogP) is 3.57. The Hall–Kier alpha value is -3.15. The third-order valence-corrected chi connectivity index (χ3v) is 7.43. The second-order valence-corrected chi connectivity index (χ2v) is 10.6. The molecular formula is C27H36N6O4S. The van der Waals surface area contributed by atoms with Gasteiger partial charge in [0.15, 0.2) is 11.1 Å². The minimum atomic E-state index is -1.84. The molecule has 4 N–H and O–H groups in total. The number of rotatable bonds is 15. The lowest BCUT2D eigenvalue weighted by Gasteiger charge is -2.24. The molecular weight excluding hydrogens is 504 g/mol. The molecule has 0 spiro atoms. The molecule has 1 aromatic carbocycles. The van der Waals surface area contributed by atoms with Gasteiger partial charge in [0.2, 0.25) is 0 Å². The molecule has 0 saturated carbocycles. The van der Waals surface area contributed by atoms with Crippen molar-refractivity contribution < 1.29 is 18.7 Å². The maximum atomic E-state index is 12.1. The van der Waals surface area contributed by atoms with Crippen molar-refractivity contribution in [2.75, 3.05) is 42.6 Å². The van der Waals surface area contributed by atoms with E-state index < -0.39 is 23.1 Å². The molecule has 204 valence electrons. The van der Waals surface area contributed by atoms with Gasteiger partial charge in [-0.25, -0.2) is 24.0 Å². The number of hydrogen-bond donors (Lipinski definition) is 4. The van der Waals surface area contributed by atoms with Gasteiger partial charge in [0, 0.05) is 24.2 Å². The first-order valence-corrected chi connectivity index (χ1v) is 14.5. The Morgan fingerprint density at radius 2 is 1.95 bits per heavy atom. The maximum Gasteiger partial charge on any atom is 0.326 e. The minimum Gasteiger partial charge on any atom is -0.480 e. The first kappa shape index (κ1) is 27.9. The molecule has 4 rings (SSSR count). The number of carboxylic acid groups (broad SMARTS) is 1. The number of benzene rings is 1. The number of para-hydroxylation sites is 1. The minimum absolute atomic E-state index is 0.204. The lowest BCUT2D eigenvalue weighted by molar-refractivity contribution is -0.138. The van der Waals surface area contributed by atoms with E-state index in [0.29, 0.717) is 31.7 Å². The number of fused-ring (bicyclic) bond motifs is 2. The number of aromatic nitrogens is 3.